The van der Waals surface area contributed by atoms with Crippen molar-refractivity contribution in [3.8, 4) is 17.6 Å². The second-order valence-corrected chi connectivity index (χ2v) is 5.49. The number of esters is 1. The van der Waals surface area contributed by atoms with Gasteiger partial charge in [-0.05, 0) is 62.4 Å². The molecule has 1 atom stereocenters. The Labute approximate surface area is 151 Å². The Morgan fingerprint density at radius 2 is 1.62 bits per heavy atom. The van der Waals surface area contributed by atoms with Crippen LogP contribution in [0.3, 0.4) is 0 Å². The largest absolute Gasteiger partial charge is 0.490 e. The fourth-order valence-corrected chi connectivity index (χ4v) is 2.07. The molecular formula is C20H19NO5. The predicted molar refractivity (Wildman–Crippen MR) is 94.1 cm³/mol. The van der Waals surface area contributed by atoms with Crippen LogP contribution in [0.1, 0.15) is 29.8 Å². The van der Waals surface area contributed by atoms with Gasteiger partial charge in [0.25, 0.3) is 0 Å². The van der Waals surface area contributed by atoms with Crippen molar-refractivity contribution < 1.29 is 23.8 Å². The number of hydrogen-bond donors (Lipinski definition) is 0. The lowest BCUT2D eigenvalue weighted by atomic mass is 10.1. The Morgan fingerprint density at radius 1 is 1.00 bits per heavy atom. The van der Waals surface area contributed by atoms with Gasteiger partial charge in [-0.25, -0.2) is 4.79 Å². The summed E-state index contributed by atoms with van der Waals surface area (Å²) in [5.41, 5.74) is 1.12. The lowest BCUT2D eigenvalue weighted by Gasteiger charge is -2.14. The lowest BCUT2D eigenvalue weighted by molar-refractivity contribution is -0.151. The van der Waals surface area contributed by atoms with E-state index in [0.717, 1.165) is 0 Å². The van der Waals surface area contributed by atoms with Gasteiger partial charge < -0.3 is 14.2 Å². The molecule has 2 aromatic rings. The minimum absolute atomic E-state index is 0.0359. The number of carbonyl (C=O) groups is 2. The van der Waals surface area contributed by atoms with E-state index < -0.39 is 12.1 Å². The van der Waals surface area contributed by atoms with Crippen molar-refractivity contribution in [3.63, 3.8) is 0 Å². The van der Waals surface area contributed by atoms with Crippen LogP contribution in [0.5, 0.6) is 11.5 Å². The first kappa shape index (κ1) is 19.0. The third-order valence-corrected chi connectivity index (χ3v) is 3.49. The molecule has 0 N–H and O–H groups in total. The molecule has 2 aromatic carbocycles. The highest BCUT2D eigenvalue weighted by Gasteiger charge is 2.16. The molecule has 0 aliphatic carbocycles. The highest BCUT2D eigenvalue weighted by atomic mass is 16.6. The standard InChI is InChI=1S/C20H19NO5/c1-14(22)17-5-9-19(10-6-17)26-15(2)20(23)25-12-11-24-18-7-3-16(13-21)4-8-18/h3-10,15H,11-12H2,1-2H3/t15-/m0/s1. The summed E-state index contributed by atoms with van der Waals surface area (Å²) in [6.45, 7) is 3.34. The van der Waals surface area contributed by atoms with E-state index in [9.17, 15) is 9.59 Å². The van der Waals surface area contributed by atoms with Gasteiger partial charge in [0.05, 0.1) is 11.6 Å². The van der Waals surface area contributed by atoms with Gasteiger partial charge in [-0.1, -0.05) is 0 Å². The van der Waals surface area contributed by atoms with Gasteiger partial charge in [0.15, 0.2) is 11.9 Å². The van der Waals surface area contributed by atoms with Crippen LogP contribution in [0.2, 0.25) is 0 Å². The average molecular weight is 353 g/mol. The van der Waals surface area contributed by atoms with Crippen molar-refractivity contribution in [3.05, 3.63) is 59.7 Å². The van der Waals surface area contributed by atoms with Crippen molar-refractivity contribution >= 4 is 11.8 Å². The van der Waals surface area contributed by atoms with Gasteiger partial charge in [0.1, 0.15) is 24.7 Å². The Bertz CT molecular complexity index is 790. The molecular weight excluding hydrogens is 334 g/mol. The van der Waals surface area contributed by atoms with E-state index in [2.05, 4.69) is 0 Å². The molecule has 0 unspecified atom stereocenters. The number of ether oxygens (including phenoxy) is 3. The van der Waals surface area contributed by atoms with Crippen LogP contribution in [0, 0.1) is 11.3 Å². The number of rotatable bonds is 8. The number of nitriles is 1. The van der Waals surface area contributed by atoms with Gasteiger partial charge in [-0.15, -0.1) is 0 Å². The molecule has 0 spiro atoms. The first-order valence-electron chi connectivity index (χ1n) is 8.07. The van der Waals surface area contributed by atoms with Crippen LogP contribution in [-0.4, -0.2) is 31.1 Å². The predicted octanol–water partition coefficient (Wildman–Crippen LogP) is 3.15. The summed E-state index contributed by atoms with van der Waals surface area (Å²) in [5, 5.41) is 8.72. The van der Waals surface area contributed by atoms with Crippen LogP contribution in [0.25, 0.3) is 0 Å². The van der Waals surface area contributed by atoms with Crippen molar-refractivity contribution in [2.24, 2.45) is 0 Å². The van der Waals surface area contributed by atoms with Gasteiger partial charge in [0.2, 0.25) is 0 Å². The highest BCUT2D eigenvalue weighted by Crippen LogP contribution is 2.15. The first-order valence-corrected chi connectivity index (χ1v) is 8.07. The fourth-order valence-electron chi connectivity index (χ4n) is 2.07. The van der Waals surface area contributed by atoms with Crippen LogP contribution in [0.15, 0.2) is 48.5 Å². The van der Waals surface area contributed by atoms with Crippen molar-refractivity contribution in [1.29, 1.82) is 5.26 Å². The van der Waals surface area contributed by atoms with E-state index in [-0.39, 0.29) is 19.0 Å². The smallest absolute Gasteiger partial charge is 0.347 e. The second-order valence-electron chi connectivity index (χ2n) is 5.49. The summed E-state index contributed by atoms with van der Waals surface area (Å²) in [5.74, 6) is 0.526. The number of benzene rings is 2. The van der Waals surface area contributed by atoms with Crippen molar-refractivity contribution in [1.82, 2.24) is 0 Å². The van der Waals surface area contributed by atoms with Crippen LogP contribution in [-0.2, 0) is 9.53 Å². The molecule has 0 amide bonds. The molecule has 0 heterocycles. The Hall–Kier alpha value is -3.33. The van der Waals surface area contributed by atoms with Crippen LogP contribution in [0.4, 0.5) is 0 Å². The topological polar surface area (TPSA) is 85.6 Å². The molecule has 0 aromatic heterocycles. The summed E-state index contributed by atoms with van der Waals surface area (Å²) in [4.78, 5) is 23.2. The first-order chi connectivity index (χ1) is 12.5. The van der Waals surface area contributed by atoms with Crippen molar-refractivity contribution in [2.45, 2.75) is 20.0 Å². The monoisotopic (exact) mass is 353 g/mol. The minimum atomic E-state index is -0.784. The molecule has 26 heavy (non-hydrogen) atoms. The quantitative estimate of drug-likeness (QED) is 0.412. The van der Waals surface area contributed by atoms with E-state index in [1.54, 1.807) is 55.5 Å². The van der Waals surface area contributed by atoms with Gasteiger partial charge in [-0.3, -0.25) is 4.79 Å². The highest BCUT2D eigenvalue weighted by molar-refractivity contribution is 5.94. The zero-order valence-corrected chi connectivity index (χ0v) is 14.6. The molecule has 0 radical (unpaired) electrons. The fraction of sp³-hybridized carbons (Fsp3) is 0.250. The molecule has 0 fully saturated rings. The zero-order chi connectivity index (χ0) is 18.9. The maximum Gasteiger partial charge on any atom is 0.347 e. The van der Waals surface area contributed by atoms with Gasteiger partial charge in [0, 0.05) is 5.56 Å². The maximum absolute atomic E-state index is 11.9. The Morgan fingerprint density at radius 3 is 2.19 bits per heavy atom. The average Bonchev–Trinajstić information content (AvgIpc) is 2.66. The molecule has 2 rings (SSSR count). The van der Waals surface area contributed by atoms with E-state index in [4.69, 9.17) is 19.5 Å². The summed E-state index contributed by atoms with van der Waals surface area (Å²) >= 11 is 0. The minimum Gasteiger partial charge on any atom is -0.490 e. The maximum atomic E-state index is 11.9. The normalized spacial score (nSPS) is 11.1. The molecule has 0 bridgehead atoms. The van der Waals surface area contributed by atoms with E-state index in [0.29, 0.717) is 22.6 Å². The number of carbonyl (C=O) groups excluding carboxylic acids is 2. The van der Waals surface area contributed by atoms with Gasteiger partial charge in [-0.2, -0.15) is 5.26 Å². The van der Waals surface area contributed by atoms with E-state index in [1.165, 1.54) is 6.92 Å². The molecule has 6 nitrogen and oxygen atoms in total. The summed E-state index contributed by atoms with van der Waals surface area (Å²) in [6.07, 6.45) is -0.784. The Balaban J connectivity index is 1.72. The molecule has 0 saturated heterocycles. The molecule has 134 valence electrons. The van der Waals surface area contributed by atoms with Crippen LogP contribution < -0.4 is 9.47 Å². The summed E-state index contributed by atoms with van der Waals surface area (Å²) in [7, 11) is 0. The summed E-state index contributed by atoms with van der Waals surface area (Å²) in [6, 6.07) is 15.2. The number of Topliss-reactive ketones (excluding diaryl/α,β-unsaturated/α-hetero) is 1. The molecule has 0 aliphatic heterocycles. The SMILES string of the molecule is CC(=O)c1ccc(O[C@@H](C)C(=O)OCCOc2ccc(C#N)cc2)cc1. The molecule has 0 aliphatic rings. The lowest BCUT2D eigenvalue weighted by Crippen LogP contribution is -2.27. The Kier molecular flexibility index (Phi) is 6.75. The second kappa shape index (κ2) is 9.23. The molecule has 6 heteroatoms. The third kappa shape index (κ3) is 5.64. The van der Waals surface area contributed by atoms with Crippen molar-refractivity contribution in [2.75, 3.05) is 13.2 Å². The number of hydrogen-bond acceptors (Lipinski definition) is 6. The zero-order valence-electron chi connectivity index (χ0n) is 14.6. The van der Waals surface area contributed by atoms with E-state index in [1.807, 2.05) is 6.07 Å². The van der Waals surface area contributed by atoms with Gasteiger partial charge >= 0.3 is 5.97 Å². The molecule has 0 saturated carbocycles. The number of ketones is 1. The number of nitrogens with zero attached hydrogens (tertiary/aromatic N) is 1. The van der Waals surface area contributed by atoms with Crippen LogP contribution >= 0.6 is 0 Å². The third-order valence-electron chi connectivity index (χ3n) is 3.49. The van der Waals surface area contributed by atoms with E-state index >= 15 is 0 Å². The summed E-state index contributed by atoms with van der Waals surface area (Å²) < 4.78 is 16.0.